The third-order valence-corrected chi connectivity index (χ3v) is 6.37. The van der Waals surface area contributed by atoms with E-state index in [9.17, 15) is 4.79 Å². The molecule has 3 heterocycles. The molecule has 1 saturated carbocycles. The van der Waals surface area contributed by atoms with Crippen LogP contribution in [0.25, 0.3) is 11.2 Å². The number of carbonyl (C=O) groups excluding carboxylic acids is 1. The van der Waals surface area contributed by atoms with Crippen molar-refractivity contribution < 1.29 is 4.79 Å². The van der Waals surface area contributed by atoms with E-state index in [1.807, 2.05) is 10.6 Å². The SMILES string of the molecule is CC(C)n1cnc2cc(C(=O)NCC3(N4CCCCC4)CCCC3)cnc21. The molecule has 1 N–H and O–H groups in total. The molecule has 1 saturated heterocycles. The van der Waals surface area contributed by atoms with Crippen molar-refractivity contribution in [3.63, 3.8) is 0 Å². The molecule has 2 aromatic rings. The van der Waals surface area contributed by atoms with Gasteiger partial charge in [0.1, 0.15) is 5.52 Å². The number of nitrogens with zero attached hydrogens (tertiary/aromatic N) is 4. The second kappa shape index (κ2) is 7.58. The first-order valence-corrected chi connectivity index (χ1v) is 10.4. The zero-order valence-electron chi connectivity index (χ0n) is 16.6. The Hall–Kier alpha value is -1.95. The summed E-state index contributed by atoms with van der Waals surface area (Å²) in [7, 11) is 0. The Labute approximate surface area is 161 Å². The molecule has 0 atom stereocenters. The number of imidazole rings is 1. The van der Waals surface area contributed by atoms with E-state index >= 15 is 0 Å². The minimum atomic E-state index is -0.0354. The molecule has 1 amide bonds. The largest absolute Gasteiger partial charge is 0.350 e. The minimum Gasteiger partial charge on any atom is -0.350 e. The fraction of sp³-hybridized carbons (Fsp3) is 0.667. The van der Waals surface area contributed by atoms with Crippen molar-refractivity contribution in [2.75, 3.05) is 19.6 Å². The molecule has 0 aromatic carbocycles. The maximum absolute atomic E-state index is 12.8. The second-order valence-electron chi connectivity index (χ2n) is 8.47. The van der Waals surface area contributed by atoms with Gasteiger partial charge in [-0.15, -0.1) is 0 Å². The molecule has 2 aliphatic rings. The number of amides is 1. The number of hydrogen-bond donors (Lipinski definition) is 1. The molecule has 2 aromatic heterocycles. The Morgan fingerprint density at radius 1 is 1.15 bits per heavy atom. The molecule has 0 unspecified atom stereocenters. The molecule has 4 rings (SSSR count). The highest BCUT2D eigenvalue weighted by atomic mass is 16.1. The van der Waals surface area contributed by atoms with Crippen LogP contribution in [0.3, 0.4) is 0 Å². The predicted molar refractivity (Wildman–Crippen MR) is 107 cm³/mol. The average Bonchev–Trinajstić information content (AvgIpc) is 3.34. The van der Waals surface area contributed by atoms with Crippen LogP contribution in [0, 0.1) is 0 Å². The van der Waals surface area contributed by atoms with E-state index in [1.165, 1.54) is 58.0 Å². The molecule has 27 heavy (non-hydrogen) atoms. The Balaban J connectivity index is 1.47. The second-order valence-corrected chi connectivity index (χ2v) is 8.47. The number of hydrogen-bond acceptors (Lipinski definition) is 4. The van der Waals surface area contributed by atoms with Crippen LogP contribution in [0.15, 0.2) is 18.6 Å². The monoisotopic (exact) mass is 369 g/mol. The van der Waals surface area contributed by atoms with E-state index < -0.39 is 0 Å². The lowest BCUT2D eigenvalue weighted by molar-refractivity contribution is 0.0642. The van der Waals surface area contributed by atoms with Crippen LogP contribution < -0.4 is 5.32 Å². The lowest BCUT2D eigenvalue weighted by atomic mass is 9.92. The van der Waals surface area contributed by atoms with Crippen LogP contribution in [0.2, 0.25) is 0 Å². The minimum absolute atomic E-state index is 0.0354. The van der Waals surface area contributed by atoms with Crippen molar-refractivity contribution in [3.05, 3.63) is 24.2 Å². The fourth-order valence-corrected chi connectivity index (χ4v) is 4.77. The number of aromatic nitrogens is 3. The van der Waals surface area contributed by atoms with Crippen molar-refractivity contribution in [1.82, 2.24) is 24.8 Å². The van der Waals surface area contributed by atoms with Crippen LogP contribution in [0.5, 0.6) is 0 Å². The molecule has 0 spiro atoms. The average molecular weight is 370 g/mol. The molecule has 0 bridgehead atoms. The van der Waals surface area contributed by atoms with E-state index in [0.717, 1.165) is 17.7 Å². The lowest BCUT2D eigenvalue weighted by Gasteiger charge is -2.43. The molecule has 1 aliphatic carbocycles. The summed E-state index contributed by atoms with van der Waals surface area (Å²) < 4.78 is 2.03. The summed E-state index contributed by atoms with van der Waals surface area (Å²) in [5.41, 5.74) is 2.38. The zero-order valence-corrected chi connectivity index (χ0v) is 16.6. The van der Waals surface area contributed by atoms with E-state index in [-0.39, 0.29) is 11.4 Å². The highest BCUT2D eigenvalue weighted by molar-refractivity contribution is 5.96. The molecule has 6 nitrogen and oxygen atoms in total. The van der Waals surface area contributed by atoms with Crippen molar-refractivity contribution in [3.8, 4) is 0 Å². The quantitative estimate of drug-likeness (QED) is 0.876. The van der Waals surface area contributed by atoms with Gasteiger partial charge in [0.15, 0.2) is 5.65 Å². The van der Waals surface area contributed by atoms with Gasteiger partial charge in [0.05, 0.1) is 11.9 Å². The normalized spacial score (nSPS) is 20.4. The Morgan fingerprint density at radius 2 is 1.89 bits per heavy atom. The summed E-state index contributed by atoms with van der Waals surface area (Å²) in [5, 5.41) is 3.22. The summed E-state index contributed by atoms with van der Waals surface area (Å²) in [6.07, 6.45) is 12.3. The van der Waals surface area contributed by atoms with Gasteiger partial charge in [0.25, 0.3) is 5.91 Å². The van der Waals surface area contributed by atoms with E-state index in [4.69, 9.17) is 0 Å². The third-order valence-electron chi connectivity index (χ3n) is 6.37. The van der Waals surface area contributed by atoms with Crippen LogP contribution in [0.4, 0.5) is 0 Å². The molecular weight excluding hydrogens is 338 g/mol. The van der Waals surface area contributed by atoms with Crippen molar-refractivity contribution >= 4 is 17.1 Å². The Morgan fingerprint density at radius 3 is 2.59 bits per heavy atom. The van der Waals surface area contributed by atoms with Crippen molar-refractivity contribution in [2.24, 2.45) is 0 Å². The van der Waals surface area contributed by atoms with Crippen LogP contribution >= 0.6 is 0 Å². The van der Waals surface area contributed by atoms with Crippen LogP contribution in [-0.2, 0) is 0 Å². The number of nitrogens with one attached hydrogen (secondary N) is 1. The van der Waals surface area contributed by atoms with Gasteiger partial charge in [-0.2, -0.15) is 0 Å². The fourth-order valence-electron chi connectivity index (χ4n) is 4.77. The van der Waals surface area contributed by atoms with Crippen LogP contribution in [0.1, 0.15) is 75.2 Å². The van der Waals surface area contributed by atoms with E-state index in [1.54, 1.807) is 12.5 Å². The van der Waals surface area contributed by atoms with Gasteiger partial charge < -0.3 is 9.88 Å². The molecule has 6 heteroatoms. The molecule has 1 aliphatic heterocycles. The number of carbonyl (C=O) groups is 1. The summed E-state index contributed by atoms with van der Waals surface area (Å²) >= 11 is 0. The smallest absolute Gasteiger partial charge is 0.252 e. The number of fused-ring (bicyclic) bond motifs is 1. The number of rotatable bonds is 5. The van der Waals surface area contributed by atoms with Crippen LogP contribution in [-0.4, -0.2) is 50.5 Å². The number of piperidine rings is 1. The lowest BCUT2D eigenvalue weighted by Crippen LogP contribution is -2.55. The third kappa shape index (κ3) is 3.59. The summed E-state index contributed by atoms with van der Waals surface area (Å²) in [4.78, 5) is 24.4. The van der Waals surface area contributed by atoms with Gasteiger partial charge in [-0.25, -0.2) is 9.97 Å². The van der Waals surface area contributed by atoms with Gasteiger partial charge in [-0.3, -0.25) is 9.69 Å². The number of likely N-dealkylation sites (tertiary alicyclic amines) is 1. The summed E-state index contributed by atoms with van der Waals surface area (Å²) in [5.74, 6) is -0.0354. The predicted octanol–water partition coefficient (Wildman–Crippen LogP) is 3.54. The molecule has 146 valence electrons. The van der Waals surface area contributed by atoms with Crippen molar-refractivity contribution in [1.29, 1.82) is 0 Å². The van der Waals surface area contributed by atoms with Gasteiger partial charge in [0, 0.05) is 24.3 Å². The van der Waals surface area contributed by atoms with Gasteiger partial charge >= 0.3 is 0 Å². The summed E-state index contributed by atoms with van der Waals surface area (Å²) in [6, 6.07) is 2.16. The molecule has 2 fully saturated rings. The van der Waals surface area contributed by atoms with Gasteiger partial charge in [0.2, 0.25) is 0 Å². The zero-order chi connectivity index (χ0) is 18.9. The standard InChI is InChI=1S/C21H31N5O/c1-16(2)26-15-24-18-12-17(13-22-19(18)26)20(27)23-14-21(8-4-5-9-21)25-10-6-3-7-11-25/h12-13,15-16H,3-11,14H2,1-2H3,(H,23,27). The van der Waals surface area contributed by atoms with Crippen molar-refractivity contribution in [2.45, 2.75) is 70.4 Å². The maximum Gasteiger partial charge on any atom is 0.252 e. The Kier molecular flexibility index (Phi) is 5.17. The van der Waals surface area contributed by atoms with Gasteiger partial charge in [-0.1, -0.05) is 19.3 Å². The highest BCUT2D eigenvalue weighted by Gasteiger charge is 2.40. The Bertz CT molecular complexity index is 800. The summed E-state index contributed by atoms with van der Waals surface area (Å²) in [6.45, 7) is 7.30. The first-order valence-electron chi connectivity index (χ1n) is 10.4. The molecule has 0 radical (unpaired) electrons. The van der Waals surface area contributed by atoms with E-state index in [0.29, 0.717) is 11.6 Å². The maximum atomic E-state index is 12.8. The topological polar surface area (TPSA) is 63.1 Å². The van der Waals surface area contributed by atoms with Gasteiger partial charge in [-0.05, 0) is 58.7 Å². The van der Waals surface area contributed by atoms with E-state index in [2.05, 4.69) is 34.0 Å². The first kappa shape index (κ1) is 18.4. The first-order chi connectivity index (χ1) is 13.1. The molecular formula is C21H31N5O. The highest BCUT2D eigenvalue weighted by Crippen LogP contribution is 2.36. The number of pyridine rings is 1.